The number of amides is 2. The number of fused-ring (bicyclic) bond motifs is 1. The lowest BCUT2D eigenvalue weighted by Gasteiger charge is -2.28. The second-order valence-electron chi connectivity index (χ2n) is 9.59. The molecule has 204 valence electrons. The Bertz CT molecular complexity index is 1380. The van der Waals surface area contributed by atoms with E-state index in [0.717, 1.165) is 34.1 Å². The van der Waals surface area contributed by atoms with Crippen molar-refractivity contribution >= 4 is 38.6 Å². The summed E-state index contributed by atoms with van der Waals surface area (Å²) in [6.07, 6.45) is 4.50. The maximum absolute atomic E-state index is 13.8. The highest BCUT2D eigenvalue weighted by Gasteiger charge is 2.23. The van der Waals surface area contributed by atoms with Gasteiger partial charge in [-0.2, -0.15) is 0 Å². The number of hydrogen-bond acceptors (Lipinski definition) is 3. The highest BCUT2D eigenvalue weighted by atomic mass is 79.9. The zero-order chi connectivity index (χ0) is 27.6. The highest BCUT2D eigenvalue weighted by molar-refractivity contribution is 9.10. The van der Waals surface area contributed by atoms with Crippen LogP contribution in [0, 0.1) is 0 Å². The van der Waals surface area contributed by atoms with Crippen LogP contribution in [0.5, 0.6) is 5.75 Å². The molecule has 3 aromatic carbocycles. The number of carbonyl (C=O) groups excluding carboxylic acids is 2. The Labute approximate surface area is 239 Å². The van der Waals surface area contributed by atoms with Crippen LogP contribution in [0.4, 0.5) is 0 Å². The summed E-state index contributed by atoms with van der Waals surface area (Å²) in [6.45, 7) is 6.22. The Kier molecular flexibility index (Phi) is 10.2. The zero-order valence-electron chi connectivity index (χ0n) is 22.7. The highest BCUT2D eigenvalue weighted by Crippen LogP contribution is 2.20. The topological polar surface area (TPSA) is 65.6 Å². The minimum absolute atomic E-state index is 0.0380. The molecule has 0 unspecified atom stereocenters. The van der Waals surface area contributed by atoms with Crippen molar-refractivity contribution in [2.45, 2.75) is 39.7 Å². The van der Waals surface area contributed by atoms with Crippen LogP contribution in [0.15, 0.2) is 83.5 Å². The lowest BCUT2D eigenvalue weighted by Crippen LogP contribution is -2.43. The third-order valence-corrected chi connectivity index (χ3v) is 7.25. The predicted molar refractivity (Wildman–Crippen MR) is 160 cm³/mol. The Morgan fingerprint density at radius 2 is 1.72 bits per heavy atom. The molecular formula is C32H36BrN3O3. The first-order chi connectivity index (χ1) is 19.0. The molecule has 7 heteroatoms. The minimum atomic E-state index is -0.129. The molecule has 1 N–H and O–H groups in total. The lowest BCUT2D eigenvalue weighted by molar-refractivity contribution is -0.132. The van der Waals surface area contributed by atoms with Gasteiger partial charge in [0.05, 0.1) is 6.61 Å². The maximum Gasteiger partial charge on any atom is 0.254 e. The van der Waals surface area contributed by atoms with E-state index in [-0.39, 0.29) is 18.4 Å². The van der Waals surface area contributed by atoms with E-state index in [0.29, 0.717) is 38.2 Å². The Morgan fingerprint density at radius 3 is 2.46 bits per heavy atom. The lowest BCUT2D eigenvalue weighted by atomic mass is 10.1. The number of unbranched alkanes of at least 4 members (excludes halogenated alkanes) is 1. The predicted octanol–water partition coefficient (Wildman–Crippen LogP) is 6.84. The first kappa shape index (κ1) is 28.4. The fourth-order valence-corrected chi connectivity index (χ4v) is 5.03. The molecule has 0 spiro atoms. The normalized spacial score (nSPS) is 10.9. The van der Waals surface area contributed by atoms with Gasteiger partial charge >= 0.3 is 0 Å². The summed E-state index contributed by atoms with van der Waals surface area (Å²) in [5.74, 6) is 0.613. The molecule has 0 saturated heterocycles. The van der Waals surface area contributed by atoms with Crippen LogP contribution in [0.2, 0.25) is 0 Å². The second-order valence-corrected chi connectivity index (χ2v) is 10.5. The van der Waals surface area contributed by atoms with E-state index in [1.807, 2.05) is 66.6 Å². The number of nitrogens with zero attached hydrogens (tertiary/aromatic N) is 2. The smallest absolute Gasteiger partial charge is 0.254 e. The molecule has 0 radical (unpaired) electrons. The monoisotopic (exact) mass is 589 g/mol. The molecule has 0 saturated carbocycles. The van der Waals surface area contributed by atoms with Gasteiger partial charge in [0.25, 0.3) is 5.91 Å². The number of nitrogens with one attached hydrogen (secondary N) is 1. The molecule has 0 aliphatic carbocycles. The number of para-hydroxylation sites is 1. The van der Waals surface area contributed by atoms with Gasteiger partial charge in [-0.15, -0.1) is 0 Å². The van der Waals surface area contributed by atoms with Crippen molar-refractivity contribution in [2.24, 2.45) is 0 Å². The van der Waals surface area contributed by atoms with Crippen molar-refractivity contribution in [3.63, 3.8) is 0 Å². The fraction of sp³-hybridized carbons (Fsp3) is 0.312. The average Bonchev–Trinajstić information content (AvgIpc) is 3.37. The molecule has 6 nitrogen and oxygen atoms in total. The Morgan fingerprint density at radius 1 is 0.923 bits per heavy atom. The number of carbonyl (C=O) groups is 2. The summed E-state index contributed by atoms with van der Waals surface area (Å²) < 4.78 is 6.42. The molecule has 0 aliphatic heterocycles. The summed E-state index contributed by atoms with van der Waals surface area (Å²) >= 11 is 3.46. The van der Waals surface area contributed by atoms with Gasteiger partial charge in [0, 0.05) is 46.8 Å². The number of H-pyrrole nitrogens is 1. The minimum Gasteiger partial charge on any atom is -0.494 e. The number of aromatic amines is 1. The summed E-state index contributed by atoms with van der Waals surface area (Å²) in [5, 5.41) is 1.17. The zero-order valence-corrected chi connectivity index (χ0v) is 24.2. The van der Waals surface area contributed by atoms with E-state index in [1.54, 1.807) is 17.0 Å². The quantitative estimate of drug-likeness (QED) is 0.185. The largest absolute Gasteiger partial charge is 0.494 e. The van der Waals surface area contributed by atoms with Crippen LogP contribution in [-0.2, 0) is 17.8 Å². The maximum atomic E-state index is 13.8. The summed E-state index contributed by atoms with van der Waals surface area (Å²) in [6, 6.07) is 23.4. The van der Waals surface area contributed by atoms with E-state index in [2.05, 4.69) is 40.0 Å². The molecule has 1 heterocycles. The molecule has 0 bridgehead atoms. The van der Waals surface area contributed by atoms with Gasteiger partial charge < -0.3 is 19.5 Å². The van der Waals surface area contributed by atoms with Crippen molar-refractivity contribution in [3.05, 3.63) is 100 Å². The van der Waals surface area contributed by atoms with Gasteiger partial charge in [-0.3, -0.25) is 9.59 Å². The standard InChI is InChI=1S/C32H36BrN3O3/c1-3-5-18-36(32(38)25-9-8-10-27(33)20-25)23-31(37)35(22-24-13-15-28(16-14-24)39-4-2)19-17-26-21-34-30-12-7-6-11-29(26)30/h6-16,20-21,34H,3-5,17-19,22-23H2,1-2H3. The van der Waals surface area contributed by atoms with Crippen molar-refractivity contribution in [3.8, 4) is 5.75 Å². The van der Waals surface area contributed by atoms with Crippen molar-refractivity contribution < 1.29 is 14.3 Å². The molecule has 0 aliphatic rings. The molecule has 4 rings (SSSR count). The fourth-order valence-electron chi connectivity index (χ4n) is 4.63. The van der Waals surface area contributed by atoms with Crippen LogP contribution in [0.3, 0.4) is 0 Å². The van der Waals surface area contributed by atoms with Crippen molar-refractivity contribution in [2.75, 3.05) is 26.2 Å². The third kappa shape index (κ3) is 7.73. The van der Waals surface area contributed by atoms with Gasteiger partial charge in [0.2, 0.25) is 5.91 Å². The first-order valence-corrected chi connectivity index (χ1v) is 14.4. The number of halogens is 1. The molecule has 0 fully saturated rings. The van der Waals surface area contributed by atoms with Gasteiger partial charge in [0.1, 0.15) is 12.3 Å². The number of ether oxygens (including phenoxy) is 1. The van der Waals surface area contributed by atoms with Crippen molar-refractivity contribution in [1.82, 2.24) is 14.8 Å². The SMILES string of the molecule is CCCCN(CC(=O)N(CCc1c[nH]c2ccccc12)Cc1ccc(OCC)cc1)C(=O)c1cccc(Br)c1. The number of benzene rings is 3. The number of hydrogen-bond donors (Lipinski definition) is 1. The van der Waals surface area contributed by atoms with Crippen LogP contribution in [0.25, 0.3) is 10.9 Å². The summed E-state index contributed by atoms with van der Waals surface area (Å²) in [7, 11) is 0. The molecule has 39 heavy (non-hydrogen) atoms. The van der Waals surface area contributed by atoms with E-state index in [1.165, 1.54) is 10.9 Å². The molecular weight excluding hydrogens is 554 g/mol. The first-order valence-electron chi connectivity index (χ1n) is 13.6. The number of aromatic nitrogens is 1. The molecule has 0 atom stereocenters. The molecule has 2 amide bonds. The van der Waals surface area contributed by atoms with Crippen LogP contribution in [-0.4, -0.2) is 52.8 Å². The van der Waals surface area contributed by atoms with Gasteiger partial charge in [-0.1, -0.05) is 65.7 Å². The van der Waals surface area contributed by atoms with Gasteiger partial charge in [-0.05, 0) is 67.3 Å². The van der Waals surface area contributed by atoms with Crippen LogP contribution < -0.4 is 4.74 Å². The Balaban J connectivity index is 1.54. The summed E-state index contributed by atoms with van der Waals surface area (Å²) in [4.78, 5) is 34.1. The van der Waals surface area contributed by atoms with E-state index in [4.69, 9.17) is 4.74 Å². The second kappa shape index (κ2) is 14.0. The summed E-state index contributed by atoms with van der Waals surface area (Å²) in [5.41, 5.74) is 3.85. The third-order valence-electron chi connectivity index (χ3n) is 6.75. The van der Waals surface area contributed by atoms with E-state index in [9.17, 15) is 9.59 Å². The molecule has 4 aromatic rings. The van der Waals surface area contributed by atoms with Crippen LogP contribution >= 0.6 is 15.9 Å². The van der Waals surface area contributed by atoms with Gasteiger partial charge in [0.15, 0.2) is 0 Å². The van der Waals surface area contributed by atoms with Crippen LogP contribution in [0.1, 0.15) is 48.2 Å². The van der Waals surface area contributed by atoms with Crippen molar-refractivity contribution in [1.29, 1.82) is 0 Å². The van der Waals surface area contributed by atoms with E-state index < -0.39 is 0 Å². The molecule has 1 aromatic heterocycles. The Hall–Kier alpha value is -3.58. The number of rotatable bonds is 13. The van der Waals surface area contributed by atoms with Gasteiger partial charge in [-0.25, -0.2) is 0 Å². The van der Waals surface area contributed by atoms with E-state index >= 15 is 0 Å². The average molecular weight is 591 g/mol.